The third kappa shape index (κ3) is 2.54. The molecule has 3 nitrogen and oxygen atoms in total. The fourth-order valence-electron chi connectivity index (χ4n) is 1.49. The van der Waals surface area contributed by atoms with Crippen LogP contribution < -0.4 is 5.32 Å². The first-order valence-electron chi connectivity index (χ1n) is 5.20. The molecule has 0 aliphatic heterocycles. The number of benzene rings is 1. The Morgan fingerprint density at radius 2 is 1.94 bits per heavy atom. The smallest absolute Gasteiger partial charge is 0.161 e. The Labute approximate surface area is 121 Å². The topological polar surface area (TPSA) is 37.8 Å². The zero-order valence-corrected chi connectivity index (χ0v) is 12.9. The van der Waals surface area contributed by atoms with Crippen molar-refractivity contribution in [3.05, 3.63) is 38.7 Å². The molecule has 0 fully saturated rings. The molecule has 2 rings (SSSR count). The average molecular weight is 375 g/mol. The lowest BCUT2D eigenvalue weighted by molar-refractivity contribution is 0.621. The number of halogens is 3. The Morgan fingerprint density at radius 3 is 2.56 bits per heavy atom. The molecule has 1 aromatic heterocycles. The maximum Gasteiger partial charge on any atom is 0.161 e. The summed E-state index contributed by atoms with van der Waals surface area (Å²) in [7, 11) is 1.79. The minimum absolute atomic E-state index is 0.304. The third-order valence-corrected chi connectivity index (χ3v) is 3.99. The highest BCUT2D eigenvalue weighted by Gasteiger charge is 2.11. The molecule has 2 aromatic rings. The van der Waals surface area contributed by atoms with Gasteiger partial charge < -0.3 is 5.32 Å². The van der Waals surface area contributed by atoms with Crippen LogP contribution in [0, 0.1) is 12.7 Å². The average Bonchev–Trinajstić information content (AvgIpc) is 2.36. The van der Waals surface area contributed by atoms with E-state index in [2.05, 4.69) is 47.1 Å². The van der Waals surface area contributed by atoms with Crippen molar-refractivity contribution >= 4 is 37.7 Å². The molecule has 0 amide bonds. The minimum atomic E-state index is -0.304. The van der Waals surface area contributed by atoms with Crippen LogP contribution >= 0.6 is 31.9 Å². The number of anilines is 1. The number of hydrogen-bond acceptors (Lipinski definition) is 3. The van der Waals surface area contributed by atoms with Crippen molar-refractivity contribution in [3.63, 3.8) is 0 Å². The van der Waals surface area contributed by atoms with Crippen LogP contribution in [-0.2, 0) is 0 Å². The van der Waals surface area contributed by atoms with E-state index in [0.717, 1.165) is 15.7 Å². The van der Waals surface area contributed by atoms with Gasteiger partial charge in [-0.15, -0.1) is 0 Å². The zero-order chi connectivity index (χ0) is 13.3. The number of rotatable bonds is 2. The van der Waals surface area contributed by atoms with Gasteiger partial charge in [0.1, 0.15) is 11.6 Å². The zero-order valence-electron chi connectivity index (χ0n) is 9.76. The second-order valence-electron chi connectivity index (χ2n) is 3.67. The van der Waals surface area contributed by atoms with E-state index < -0.39 is 0 Å². The normalized spacial score (nSPS) is 10.5. The van der Waals surface area contributed by atoms with Crippen molar-refractivity contribution in [2.24, 2.45) is 0 Å². The molecule has 0 spiro atoms. The van der Waals surface area contributed by atoms with Crippen LogP contribution in [0.2, 0.25) is 0 Å². The molecule has 0 aliphatic carbocycles. The van der Waals surface area contributed by atoms with Gasteiger partial charge in [-0.25, -0.2) is 14.4 Å². The van der Waals surface area contributed by atoms with E-state index in [-0.39, 0.29) is 5.82 Å². The molecular weight excluding hydrogens is 365 g/mol. The van der Waals surface area contributed by atoms with Crippen LogP contribution in [0.3, 0.4) is 0 Å². The van der Waals surface area contributed by atoms with E-state index in [9.17, 15) is 4.39 Å². The maximum atomic E-state index is 13.2. The second-order valence-corrected chi connectivity index (χ2v) is 5.32. The first-order chi connectivity index (χ1) is 8.52. The standard InChI is InChI=1S/C12H10Br2FN3/c1-6-10(14)12(16-2)18-11(17-6)7-3-4-9(15)8(13)5-7/h3-5H,1-2H3,(H,16,17,18). The Bertz CT molecular complexity index is 602. The molecule has 0 bridgehead atoms. The van der Waals surface area contributed by atoms with Gasteiger partial charge in [-0.05, 0) is 57.0 Å². The lowest BCUT2D eigenvalue weighted by Gasteiger charge is -2.09. The number of nitrogens with one attached hydrogen (secondary N) is 1. The molecule has 1 heterocycles. The summed E-state index contributed by atoms with van der Waals surface area (Å²) in [6.45, 7) is 1.88. The molecular formula is C12H10Br2FN3. The van der Waals surface area contributed by atoms with Crippen LogP contribution in [0.15, 0.2) is 27.1 Å². The molecule has 0 atom stereocenters. The van der Waals surface area contributed by atoms with E-state index in [1.165, 1.54) is 6.07 Å². The molecule has 18 heavy (non-hydrogen) atoms. The third-order valence-electron chi connectivity index (χ3n) is 2.43. The number of nitrogens with zero attached hydrogens (tertiary/aromatic N) is 2. The van der Waals surface area contributed by atoms with Crippen molar-refractivity contribution in [2.45, 2.75) is 6.92 Å². The van der Waals surface area contributed by atoms with E-state index >= 15 is 0 Å². The number of aromatic nitrogens is 2. The summed E-state index contributed by atoms with van der Waals surface area (Å²) in [4.78, 5) is 8.76. The summed E-state index contributed by atoms with van der Waals surface area (Å²) < 4.78 is 14.4. The van der Waals surface area contributed by atoms with Gasteiger partial charge in [-0.3, -0.25) is 0 Å². The Balaban J connectivity index is 2.57. The van der Waals surface area contributed by atoms with E-state index in [4.69, 9.17) is 0 Å². The van der Waals surface area contributed by atoms with Crippen molar-refractivity contribution in [1.29, 1.82) is 0 Å². The molecule has 0 saturated heterocycles. The highest BCUT2D eigenvalue weighted by molar-refractivity contribution is 9.11. The Morgan fingerprint density at radius 1 is 1.22 bits per heavy atom. The van der Waals surface area contributed by atoms with Crippen molar-refractivity contribution in [2.75, 3.05) is 12.4 Å². The van der Waals surface area contributed by atoms with Gasteiger partial charge in [0.25, 0.3) is 0 Å². The predicted octanol–water partition coefficient (Wildman–Crippen LogP) is 4.16. The van der Waals surface area contributed by atoms with Gasteiger partial charge in [0, 0.05) is 12.6 Å². The summed E-state index contributed by atoms with van der Waals surface area (Å²) in [6.07, 6.45) is 0. The largest absolute Gasteiger partial charge is 0.372 e. The van der Waals surface area contributed by atoms with Gasteiger partial charge in [0.15, 0.2) is 5.82 Å². The molecule has 6 heteroatoms. The molecule has 0 radical (unpaired) electrons. The fraction of sp³-hybridized carbons (Fsp3) is 0.167. The lowest BCUT2D eigenvalue weighted by atomic mass is 10.2. The van der Waals surface area contributed by atoms with Gasteiger partial charge in [-0.2, -0.15) is 0 Å². The monoisotopic (exact) mass is 373 g/mol. The van der Waals surface area contributed by atoms with Crippen LogP contribution in [-0.4, -0.2) is 17.0 Å². The lowest BCUT2D eigenvalue weighted by Crippen LogP contribution is -2.00. The minimum Gasteiger partial charge on any atom is -0.372 e. The van der Waals surface area contributed by atoms with Crippen molar-refractivity contribution in [3.8, 4) is 11.4 Å². The number of hydrogen-bond donors (Lipinski definition) is 1. The van der Waals surface area contributed by atoms with Crippen molar-refractivity contribution < 1.29 is 4.39 Å². The molecule has 1 aromatic carbocycles. The van der Waals surface area contributed by atoms with Crippen LogP contribution in [0.4, 0.5) is 10.2 Å². The first kappa shape index (κ1) is 13.4. The maximum absolute atomic E-state index is 13.2. The quantitative estimate of drug-likeness (QED) is 0.857. The summed E-state index contributed by atoms with van der Waals surface area (Å²) in [5.41, 5.74) is 1.58. The molecule has 94 valence electrons. The van der Waals surface area contributed by atoms with Crippen LogP contribution in [0.25, 0.3) is 11.4 Å². The summed E-state index contributed by atoms with van der Waals surface area (Å²) in [6, 6.07) is 4.71. The van der Waals surface area contributed by atoms with Gasteiger partial charge in [-0.1, -0.05) is 0 Å². The van der Waals surface area contributed by atoms with E-state index in [1.807, 2.05) is 6.92 Å². The molecule has 1 N–H and O–H groups in total. The summed E-state index contributed by atoms with van der Waals surface area (Å²) >= 11 is 6.57. The molecule has 0 unspecified atom stereocenters. The summed E-state index contributed by atoms with van der Waals surface area (Å²) in [5, 5.41) is 2.99. The molecule has 0 aliphatic rings. The first-order valence-corrected chi connectivity index (χ1v) is 6.79. The highest BCUT2D eigenvalue weighted by atomic mass is 79.9. The van der Waals surface area contributed by atoms with Crippen LogP contribution in [0.1, 0.15) is 5.69 Å². The predicted molar refractivity (Wildman–Crippen MR) is 77.1 cm³/mol. The summed E-state index contributed by atoms with van der Waals surface area (Å²) in [5.74, 6) is 0.958. The highest BCUT2D eigenvalue weighted by Crippen LogP contribution is 2.28. The van der Waals surface area contributed by atoms with Crippen molar-refractivity contribution in [1.82, 2.24) is 9.97 Å². The van der Waals surface area contributed by atoms with E-state index in [1.54, 1.807) is 19.2 Å². The van der Waals surface area contributed by atoms with E-state index in [0.29, 0.717) is 16.1 Å². The molecule has 0 saturated carbocycles. The van der Waals surface area contributed by atoms with Gasteiger partial charge in [0.2, 0.25) is 0 Å². The number of aryl methyl sites for hydroxylation is 1. The SMILES string of the molecule is CNc1nc(-c2ccc(F)c(Br)c2)nc(C)c1Br. The van der Waals surface area contributed by atoms with Crippen LogP contribution in [0.5, 0.6) is 0 Å². The Hall–Kier alpha value is -1.01. The van der Waals surface area contributed by atoms with Gasteiger partial charge in [0.05, 0.1) is 14.6 Å². The second kappa shape index (κ2) is 5.32. The fourth-order valence-corrected chi connectivity index (χ4v) is 2.24. The van der Waals surface area contributed by atoms with Gasteiger partial charge >= 0.3 is 0 Å². The Kier molecular flexibility index (Phi) is 3.97.